The molecule has 0 unspecified atom stereocenters. The van der Waals surface area contributed by atoms with Gasteiger partial charge in [-0.15, -0.1) is 0 Å². The lowest BCUT2D eigenvalue weighted by Crippen LogP contribution is -2.45. The van der Waals surface area contributed by atoms with E-state index in [0.717, 1.165) is 43.6 Å². The number of benzene rings is 2. The van der Waals surface area contributed by atoms with Gasteiger partial charge < -0.3 is 15.7 Å². The average Bonchev–Trinajstić information content (AvgIpc) is 3.12. The Morgan fingerprint density at radius 1 is 1.18 bits per heavy atom. The third kappa shape index (κ3) is 3.64. The molecule has 1 fully saturated rings. The third-order valence-corrected chi connectivity index (χ3v) is 8.19. The second kappa shape index (κ2) is 8.83. The summed E-state index contributed by atoms with van der Waals surface area (Å²) in [5.74, 6) is 0.693. The summed E-state index contributed by atoms with van der Waals surface area (Å²) >= 11 is 12.6. The molecular formula is C26H25Cl2N5O. The molecule has 1 aliphatic carbocycles. The van der Waals surface area contributed by atoms with E-state index < -0.39 is 0 Å². The van der Waals surface area contributed by atoms with Crippen LogP contribution in [0.25, 0.3) is 11.3 Å². The van der Waals surface area contributed by atoms with E-state index in [9.17, 15) is 10.4 Å². The molecule has 2 aromatic carbocycles. The zero-order valence-electron chi connectivity index (χ0n) is 18.9. The van der Waals surface area contributed by atoms with Gasteiger partial charge in [0.05, 0.1) is 39.7 Å². The molecule has 1 saturated heterocycles. The van der Waals surface area contributed by atoms with E-state index in [-0.39, 0.29) is 18.1 Å². The van der Waals surface area contributed by atoms with Crippen molar-refractivity contribution in [2.75, 3.05) is 18.0 Å². The number of nitriles is 1. The number of fused-ring (bicyclic) bond motifs is 1. The minimum atomic E-state index is -0.230. The normalized spacial score (nSPS) is 18.7. The number of rotatable bonds is 3. The van der Waals surface area contributed by atoms with Crippen LogP contribution in [0.2, 0.25) is 10.0 Å². The highest BCUT2D eigenvalue weighted by Crippen LogP contribution is 2.52. The summed E-state index contributed by atoms with van der Waals surface area (Å²) in [7, 11) is 0. The van der Waals surface area contributed by atoms with Crippen LogP contribution < -0.4 is 10.6 Å². The molecule has 2 aliphatic rings. The van der Waals surface area contributed by atoms with Crippen molar-refractivity contribution in [1.82, 2.24) is 9.97 Å². The molecule has 174 valence electrons. The molecule has 3 aromatic rings. The van der Waals surface area contributed by atoms with Gasteiger partial charge in [0.15, 0.2) is 5.82 Å². The van der Waals surface area contributed by atoms with E-state index in [1.165, 1.54) is 5.56 Å². The molecule has 8 heteroatoms. The number of hydrogen-bond donors (Lipinski definition) is 2. The molecule has 34 heavy (non-hydrogen) atoms. The minimum absolute atomic E-state index is 0.0676. The first-order valence-corrected chi connectivity index (χ1v) is 12.1. The summed E-state index contributed by atoms with van der Waals surface area (Å²) in [5, 5.41) is 20.5. The monoisotopic (exact) mass is 493 g/mol. The summed E-state index contributed by atoms with van der Waals surface area (Å²) in [6, 6.07) is 13.4. The van der Waals surface area contributed by atoms with Crippen LogP contribution >= 0.6 is 23.2 Å². The summed E-state index contributed by atoms with van der Waals surface area (Å²) in [6.45, 7) is 3.17. The number of nitrogens with zero attached hydrogens (tertiary/aromatic N) is 4. The van der Waals surface area contributed by atoms with Crippen LogP contribution in [0.5, 0.6) is 0 Å². The van der Waals surface area contributed by atoms with Crippen LogP contribution in [0.15, 0.2) is 36.4 Å². The van der Waals surface area contributed by atoms with Crippen molar-refractivity contribution in [3.8, 4) is 17.3 Å². The van der Waals surface area contributed by atoms with E-state index >= 15 is 0 Å². The molecule has 1 atom stereocenters. The number of aryl methyl sites for hydroxylation is 1. The van der Waals surface area contributed by atoms with E-state index in [0.29, 0.717) is 38.4 Å². The summed E-state index contributed by atoms with van der Waals surface area (Å²) < 4.78 is 0. The van der Waals surface area contributed by atoms with Gasteiger partial charge in [0.1, 0.15) is 5.69 Å². The minimum Gasteiger partial charge on any atom is -0.390 e. The Kier molecular flexibility index (Phi) is 5.99. The second-order valence-electron chi connectivity index (χ2n) is 9.18. The molecule has 0 bridgehead atoms. The maximum Gasteiger partial charge on any atom is 0.153 e. The Balaban J connectivity index is 1.42. The van der Waals surface area contributed by atoms with Crippen LogP contribution in [-0.2, 0) is 13.0 Å². The maximum atomic E-state index is 10.1. The molecule has 1 aromatic heterocycles. The summed E-state index contributed by atoms with van der Waals surface area (Å²) in [5.41, 5.74) is 12.1. The first-order valence-electron chi connectivity index (χ1n) is 11.3. The smallest absolute Gasteiger partial charge is 0.153 e. The van der Waals surface area contributed by atoms with Gasteiger partial charge in [0.25, 0.3) is 0 Å². The summed E-state index contributed by atoms with van der Waals surface area (Å²) in [4.78, 5) is 11.8. The number of aromatic nitrogens is 2. The maximum absolute atomic E-state index is 10.1. The number of anilines is 1. The van der Waals surface area contributed by atoms with Gasteiger partial charge in [-0.3, -0.25) is 0 Å². The Hall–Kier alpha value is -2.69. The van der Waals surface area contributed by atoms with Crippen LogP contribution in [0, 0.1) is 23.7 Å². The first kappa shape index (κ1) is 23.1. The topological polar surface area (TPSA) is 99.1 Å². The average molecular weight is 494 g/mol. The predicted molar refractivity (Wildman–Crippen MR) is 134 cm³/mol. The lowest BCUT2D eigenvalue weighted by atomic mass is 9.73. The van der Waals surface area contributed by atoms with E-state index in [2.05, 4.69) is 17.0 Å². The number of hydrogen-bond acceptors (Lipinski definition) is 6. The van der Waals surface area contributed by atoms with Crippen LogP contribution in [0.3, 0.4) is 0 Å². The standard InChI is InChI=1S/C26H25Cl2N5O/c1-15-23(18-6-3-7-19(27)22(18)28)32-20(14-34)25(31-15)33-10-8-26(9-11-33)12-16-4-2-5-17(13-29)21(16)24(26)30/h2-7,24,34H,8-12,14,30H2,1H3/t24-/m1/s1. The highest BCUT2D eigenvalue weighted by Gasteiger charge is 2.47. The molecule has 5 rings (SSSR count). The van der Waals surface area contributed by atoms with Gasteiger partial charge in [-0.1, -0.05) is 47.5 Å². The molecule has 2 heterocycles. The zero-order valence-corrected chi connectivity index (χ0v) is 20.4. The van der Waals surface area contributed by atoms with Gasteiger partial charge in [-0.05, 0) is 54.9 Å². The lowest BCUT2D eigenvalue weighted by Gasteiger charge is -2.43. The fourth-order valence-corrected chi connectivity index (χ4v) is 5.91. The highest BCUT2D eigenvalue weighted by atomic mass is 35.5. The SMILES string of the molecule is Cc1nc(N2CCC3(CC2)Cc2cccc(C#N)c2[C@H]3N)c(CO)nc1-c1cccc(Cl)c1Cl. The Morgan fingerprint density at radius 3 is 2.62 bits per heavy atom. The van der Waals surface area contributed by atoms with Gasteiger partial charge in [-0.25, -0.2) is 9.97 Å². The zero-order chi connectivity index (χ0) is 24.0. The highest BCUT2D eigenvalue weighted by molar-refractivity contribution is 6.43. The van der Waals surface area contributed by atoms with Gasteiger partial charge in [0, 0.05) is 24.7 Å². The molecular weight excluding hydrogens is 469 g/mol. The predicted octanol–water partition coefficient (Wildman–Crippen LogP) is 4.97. The number of aliphatic hydroxyl groups is 1. The largest absolute Gasteiger partial charge is 0.390 e. The van der Waals surface area contributed by atoms with Gasteiger partial charge in [-0.2, -0.15) is 5.26 Å². The van der Waals surface area contributed by atoms with Crippen LogP contribution in [0.4, 0.5) is 5.82 Å². The molecule has 3 N–H and O–H groups in total. The number of aliphatic hydroxyl groups excluding tert-OH is 1. The molecule has 6 nitrogen and oxygen atoms in total. The molecule has 0 saturated carbocycles. The van der Waals surface area contributed by atoms with Gasteiger partial charge in [0.2, 0.25) is 0 Å². The fraction of sp³-hybridized carbons (Fsp3) is 0.346. The van der Waals surface area contributed by atoms with E-state index in [1.807, 2.05) is 31.2 Å². The van der Waals surface area contributed by atoms with Crippen molar-refractivity contribution in [3.63, 3.8) is 0 Å². The number of piperidine rings is 1. The van der Waals surface area contributed by atoms with Crippen molar-refractivity contribution >= 4 is 29.0 Å². The summed E-state index contributed by atoms with van der Waals surface area (Å²) in [6.07, 6.45) is 2.64. The first-order chi connectivity index (χ1) is 16.4. The van der Waals surface area contributed by atoms with Crippen molar-refractivity contribution < 1.29 is 5.11 Å². The van der Waals surface area contributed by atoms with Crippen molar-refractivity contribution in [2.24, 2.45) is 11.1 Å². The lowest BCUT2D eigenvalue weighted by molar-refractivity contribution is 0.186. The Labute approximate surface area is 209 Å². The quantitative estimate of drug-likeness (QED) is 0.534. The Bertz CT molecular complexity index is 1310. The van der Waals surface area contributed by atoms with Crippen LogP contribution in [-0.4, -0.2) is 28.2 Å². The molecule has 1 spiro atoms. The van der Waals surface area contributed by atoms with Crippen molar-refractivity contribution in [1.29, 1.82) is 5.26 Å². The van der Waals surface area contributed by atoms with Crippen LogP contribution in [0.1, 0.15) is 47.0 Å². The van der Waals surface area contributed by atoms with E-state index in [4.69, 9.17) is 38.9 Å². The van der Waals surface area contributed by atoms with Gasteiger partial charge >= 0.3 is 0 Å². The fourth-order valence-electron chi connectivity index (χ4n) is 5.52. The van der Waals surface area contributed by atoms with Crippen molar-refractivity contribution in [2.45, 2.75) is 38.8 Å². The number of halogens is 2. The second-order valence-corrected chi connectivity index (χ2v) is 9.97. The third-order valence-electron chi connectivity index (χ3n) is 7.37. The number of nitrogens with two attached hydrogens (primary N) is 1. The molecule has 1 aliphatic heterocycles. The molecule has 0 amide bonds. The molecule has 0 radical (unpaired) electrons. The Morgan fingerprint density at radius 2 is 1.91 bits per heavy atom. The van der Waals surface area contributed by atoms with E-state index in [1.54, 1.807) is 6.07 Å². The van der Waals surface area contributed by atoms with Crippen molar-refractivity contribution in [3.05, 3.63) is 74.5 Å².